The minimum absolute atomic E-state index is 0.0615. The van der Waals surface area contributed by atoms with Crippen LogP contribution in [0, 0.1) is 5.82 Å². The van der Waals surface area contributed by atoms with E-state index in [1.165, 1.54) is 75.2 Å². The van der Waals surface area contributed by atoms with Crippen molar-refractivity contribution in [2.45, 2.75) is 103 Å². The number of benzene rings is 2. The van der Waals surface area contributed by atoms with Crippen LogP contribution in [-0.4, -0.2) is 28.2 Å². The van der Waals surface area contributed by atoms with Crippen molar-refractivity contribution in [3.05, 3.63) is 75.5 Å². The molecule has 1 saturated heterocycles. The normalized spacial score (nSPS) is 16.8. The molecule has 0 saturated carbocycles. The van der Waals surface area contributed by atoms with Crippen molar-refractivity contribution in [2.24, 2.45) is 0 Å². The minimum Gasteiger partial charge on any atom is -0.507 e. The van der Waals surface area contributed by atoms with Crippen molar-refractivity contribution in [3.63, 3.8) is 0 Å². The standard InChI is InChI=1S/C33H43BrFNO3/c1-2-3-4-5-6-7-8-9-10-11-12-13-14-17-23-36-30(27-21-15-16-22-28(27)35)29(32(38)33(36)39)31(37)25-19-18-20-26(34)24-25/h15-16,18-22,24,30,37H,2-14,17,23H2,1H3/b31-29+/t30-/m0/s1. The predicted octanol–water partition coefficient (Wildman–Crippen LogP) is 9.49. The molecule has 0 aromatic heterocycles. The zero-order valence-electron chi connectivity index (χ0n) is 23.3. The molecule has 39 heavy (non-hydrogen) atoms. The molecular weight excluding hydrogens is 557 g/mol. The van der Waals surface area contributed by atoms with E-state index in [1.54, 1.807) is 42.5 Å². The Labute approximate surface area is 241 Å². The molecule has 0 aliphatic carbocycles. The van der Waals surface area contributed by atoms with Gasteiger partial charge in [0.15, 0.2) is 0 Å². The lowest BCUT2D eigenvalue weighted by Gasteiger charge is -2.25. The number of hydrogen-bond donors (Lipinski definition) is 1. The van der Waals surface area contributed by atoms with Crippen LogP contribution in [0.5, 0.6) is 0 Å². The maximum absolute atomic E-state index is 14.9. The number of likely N-dealkylation sites (tertiary alicyclic amines) is 1. The third-order valence-electron chi connectivity index (χ3n) is 7.59. The number of unbranched alkanes of at least 4 members (excludes halogenated alkanes) is 13. The fourth-order valence-corrected chi connectivity index (χ4v) is 5.80. The zero-order chi connectivity index (χ0) is 28.0. The smallest absolute Gasteiger partial charge is 0.295 e. The van der Waals surface area contributed by atoms with Gasteiger partial charge in [-0.2, -0.15) is 0 Å². The molecule has 4 nitrogen and oxygen atoms in total. The molecule has 1 aliphatic heterocycles. The number of nitrogens with zero attached hydrogens (tertiary/aromatic N) is 1. The molecule has 0 spiro atoms. The molecule has 6 heteroatoms. The van der Waals surface area contributed by atoms with Crippen LogP contribution >= 0.6 is 15.9 Å². The molecule has 0 radical (unpaired) electrons. The first kappa shape index (κ1) is 31.1. The van der Waals surface area contributed by atoms with E-state index in [0.717, 1.165) is 30.2 Å². The van der Waals surface area contributed by atoms with Crippen LogP contribution in [0.3, 0.4) is 0 Å². The number of amides is 1. The first-order valence-corrected chi connectivity index (χ1v) is 15.5. The molecule has 1 fully saturated rings. The molecule has 212 valence electrons. The Balaban J connectivity index is 1.54. The average Bonchev–Trinajstić information content (AvgIpc) is 3.18. The van der Waals surface area contributed by atoms with Crippen molar-refractivity contribution in [1.29, 1.82) is 0 Å². The van der Waals surface area contributed by atoms with E-state index < -0.39 is 23.5 Å². The van der Waals surface area contributed by atoms with Crippen LogP contribution in [0.15, 0.2) is 58.6 Å². The van der Waals surface area contributed by atoms with Gasteiger partial charge in [-0.25, -0.2) is 4.39 Å². The zero-order valence-corrected chi connectivity index (χ0v) is 24.9. The molecule has 1 aliphatic rings. The van der Waals surface area contributed by atoms with Crippen LogP contribution in [0.25, 0.3) is 5.76 Å². The summed E-state index contributed by atoms with van der Waals surface area (Å²) in [5.41, 5.74) is 0.562. The first-order chi connectivity index (χ1) is 19.0. The Kier molecular flexibility index (Phi) is 13.2. The van der Waals surface area contributed by atoms with E-state index in [0.29, 0.717) is 12.1 Å². The maximum Gasteiger partial charge on any atom is 0.295 e. The van der Waals surface area contributed by atoms with E-state index >= 15 is 0 Å². The highest BCUT2D eigenvalue weighted by Gasteiger charge is 2.46. The number of hydrogen-bond acceptors (Lipinski definition) is 3. The summed E-state index contributed by atoms with van der Waals surface area (Å²) in [6.45, 7) is 2.59. The summed E-state index contributed by atoms with van der Waals surface area (Å²) < 4.78 is 15.6. The van der Waals surface area contributed by atoms with Crippen LogP contribution < -0.4 is 0 Å². The summed E-state index contributed by atoms with van der Waals surface area (Å²) >= 11 is 3.38. The van der Waals surface area contributed by atoms with Gasteiger partial charge in [-0.3, -0.25) is 9.59 Å². The summed E-state index contributed by atoms with van der Waals surface area (Å²) in [7, 11) is 0. The fourth-order valence-electron chi connectivity index (χ4n) is 5.40. The first-order valence-electron chi connectivity index (χ1n) is 14.7. The average molecular weight is 601 g/mol. The molecule has 1 N–H and O–H groups in total. The van der Waals surface area contributed by atoms with Crippen molar-refractivity contribution in [2.75, 3.05) is 6.54 Å². The van der Waals surface area contributed by atoms with Crippen molar-refractivity contribution in [1.82, 2.24) is 4.90 Å². The van der Waals surface area contributed by atoms with Gasteiger partial charge in [0.1, 0.15) is 11.6 Å². The number of Topliss-reactive ketones (excluding diaryl/α,β-unsaturated/α-hetero) is 1. The maximum atomic E-state index is 14.9. The van der Waals surface area contributed by atoms with Gasteiger partial charge >= 0.3 is 0 Å². The van der Waals surface area contributed by atoms with E-state index in [-0.39, 0.29) is 16.9 Å². The lowest BCUT2D eigenvalue weighted by atomic mass is 9.95. The van der Waals surface area contributed by atoms with E-state index in [4.69, 9.17) is 0 Å². The van der Waals surface area contributed by atoms with Crippen molar-refractivity contribution >= 4 is 33.4 Å². The number of carbonyl (C=O) groups excluding carboxylic acids is 2. The van der Waals surface area contributed by atoms with Gasteiger partial charge in [-0.1, -0.05) is 137 Å². The van der Waals surface area contributed by atoms with Gasteiger partial charge in [-0.05, 0) is 24.6 Å². The minimum atomic E-state index is -0.952. The fraction of sp³-hybridized carbons (Fsp3) is 0.515. The second-order valence-corrected chi connectivity index (χ2v) is 11.5. The van der Waals surface area contributed by atoms with Gasteiger partial charge in [0, 0.05) is 22.1 Å². The second kappa shape index (κ2) is 16.6. The molecule has 2 aromatic rings. The Hall–Kier alpha value is -2.47. The molecule has 1 amide bonds. The number of aliphatic hydroxyl groups is 1. The predicted molar refractivity (Wildman–Crippen MR) is 160 cm³/mol. The SMILES string of the molecule is CCCCCCCCCCCCCCCCN1C(=O)C(=O)/C(=C(/O)c2cccc(Br)c2)[C@@H]1c1ccccc1F. The highest BCUT2D eigenvalue weighted by atomic mass is 79.9. The van der Waals surface area contributed by atoms with E-state index in [1.807, 2.05) is 0 Å². The highest BCUT2D eigenvalue weighted by Crippen LogP contribution is 2.40. The van der Waals surface area contributed by atoms with Crippen LogP contribution in [0.1, 0.15) is 114 Å². The van der Waals surface area contributed by atoms with Crippen LogP contribution in [0.4, 0.5) is 4.39 Å². The quantitative estimate of drug-likeness (QED) is 0.0852. The van der Waals surface area contributed by atoms with E-state index in [9.17, 15) is 19.1 Å². The Morgan fingerprint density at radius 2 is 1.38 bits per heavy atom. The summed E-state index contributed by atoms with van der Waals surface area (Å²) in [5.74, 6) is -2.25. The van der Waals surface area contributed by atoms with Gasteiger partial charge < -0.3 is 10.0 Å². The number of carbonyl (C=O) groups is 2. The molecule has 1 atom stereocenters. The van der Waals surface area contributed by atoms with Gasteiger partial charge in [0.2, 0.25) is 0 Å². The Morgan fingerprint density at radius 1 is 0.821 bits per heavy atom. The second-order valence-electron chi connectivity index (χ2n) is 10.6. The Morgan fingerprint density at radius 3 is 1.95 bits per heavy atom. The third-order valence-corrected chi connectivity index (χ3v) is 8.08. The molecule has 1 heterocycles. The molecule has 0 bridgehead atoms. The summed E-state index contributed by atoms with van der Waals surface area (Å²) in [6.07, 6.45) is 17.2. The summed E-state index contributed by atoms with van der Waals surface area (Å²) in [5, 5.41) is 11.1. The van der Waals surface area contributed by atoms with Crippen molar-refractivity contribution < 1.29 is 19.1 Å². The van der Waals surface area contributed by atoms with Gasteiger partial charge in [-0.15, -0.1) is 0 Å². The monoisotopic (exact) mass is 599 g/mol. The molecule has 2 aromatic carbocycles. The number of ketones is 1. The van der Waals surface area contributed by atoms with Crippen molar-refractivity contribution in [3.8, 4) is 0 Å². The molecular formula is C33H43BrFNO3. The largest absolute Gasteiger partial charge is 0.507 e. The lowest BCUT2D eigenvalue weighted by Crippen LogP contribution is -2.31. The van der Waals surface area contributed by atoms with Gasteiger partial charge in [0.05, 0.1) is 11.6 Å². The number of rotatable bonds is 17. The number of halogens is 2. The van der Waals surface area contributed by atoms with Gasteiger partial charge in [0.25, 0.3) is 11.7 Å². The molecule has 3 rings (SSSR count). The highest BCUT2D eigenvalue weighted by molar-refractivity contribution is 9.10. The van der Waals surface area contributed by atoms with Crippen LogP contribution in [-0.2, 0) is 9.59 Å². The summed E-state index contributed by atoms with van der Waals surface area (Å²) in [4.78, 5) is 27.6. The molecule has 0 unspecified atom stereocenters. The number of aliphatic hydroxyl groups excluding tert-OH is 1. The third kappa shape index (κ3) is 9.02. The topological polar surface area (TPSA) is 57.6 Å². The summed E-state index contributed by atoms with van der Waals surface area (Å²) in [6, 6.07) is 12.1. The Bertz CT molecular complexity index is 1120. The van der Waals surface area contributed by atoms with E-state index in [2.05, 4.69) is 22.9 Å². The lowest BCUT2D eigenvalue weighted by molar-refractivity contribution is -0.140. The van der Waals surface area contributed by atoms with Crippen LogP contribution in [0.2, 0.25) is 0 Å².